The fourth-order valence-electron chi connectivity index (χ4n) is 5.91. The van der Waals surface area contributed by atoms with Crippen LogP contribution in [0.15, 0.2) is 33.3 Å². The Balaban J connectivity index is 0.937. The summed E-state index contributed by atoms with van der Waals surface area (Å²) in [6.07, 6.45) is 9.61. The summed E-state index contributed by atoms with van der Waals surface area (Å²) in [6.45, 7) is 15.2. The molecule has 408 valence electrons. The third-order valence-corrected chi connectivity index (χ3v) is 10.9. The number of rotatable bonds is 51. The standard InChI is InChI=1S/C49H77Br2N5O16/c1-2-3-4-5-8-57-9-10-58-11-12-59-13-14-60-15-16-61-17-18-62-19-20-63-21-22-64-23-24-65-25-26-66-27-28-67-29-30-68-31-32-69-33-34-70-35-36-71-37-38-72-44-7-6-43(50)45(46(44)51)42-39-41-40-54-49(53)56-48(41)55-47(42)52/h1,6-7,39-40H,3-5,8-38H2,(H4,52,53,54,55,56). The van der Waals surface area contributed by atoms with Crippen LogP contribution in [0.25, 0.3) is 22.2 Å². The van der Waals surface area contributed by atoms with Crippen LogP contribution in [0.1, 0.15) is 19.3 Å². The molecule has 0 saturated heterocycles. The van der Waals surface area contributed by atoms with Gasteiger partial charge >= 0.3 is 0 Å². The third-order valence-electron chi connectivity index (χ3n) is 9.49. The Morgan fingerprint density at radius 2 is 0.792 bits per heavy atom. The zero-order valence-electron chi connectivity index (χ0n) is 41.7. The van der Waals surface area contributed by atoms with E-state index in [-0.39, 0.29) is 5.95 Å². The van der Waals surface area contributed by atoms with E-state index in [1.165, 1.54) is 0 Å². The molecule has 0 saturated carbocycles. The van der Waals surface area contributed by atoms with E-state index >= 15 is 0 Å². The van der Waals surface area contributed by atoms with Crippen LogP contribution in [0.2, 0.25) is 0 Å². The smallest absolute Gasteiger partial charge is 0.222 e. The van der Waals surface area contributed by atoms with Crippen LogP contribution >= 0.6 is 31.9 Å². The van der Waals surface area contributed by atoms with Gasteiger partial charge < -0.3 is 87.3 Å². The van der Waals surface area contributed by atoms with Gasteiger partial charge in [0.25, 0.3) is 0 Å². The topological polar surface area (TPSA) is 238 Å². The van der Waals surface area contributed by atoms with E-state index in [1.54, 1.807) is 6.20 Å². The fraction of sp³-hybridized carbons (Fsp3) is 0.694. The van der Waals surface area contributed by atoms with E-state index in [4.69, 9.17) is 93.7 Å². The SMILES string of the molecule is C#CCCCCOCCOCCOCCOCCOCCOCCOCCOCCOCCOCCOCCOCCOCCOCCOCCOc1ccc(Br)c(-c2cc3cnc(N)nc3nc2N)c1Br. The Morgan fingerprint density at radius 3 is 1.15 bits per heavy atom. The summed E-state index contributed by atoms with van der Waals surface area (Å²) in [5.41, 5.74) is 13.9. The number of nitrogens with two attached hydrogens (primary N) is 2. The molecule has 4 N–H and O–H groups in total. The number of hydrogen-bond donors (Lipinski definition) is 2. The first kappa shape index (κ1) is 63.3. The summed E-state index contributed by atoms with van der Waals surface area (Å²) in [5, 5.41) is 0.708. The first-order valence-corrected chi connectivity index (χ1v) is 26.0. The van der Waals surface area contributed by atoms with Crippen molar-refractivity contribution in [3.05, 3.63) is 33.3 Å². The molecule has 0 bridgehead atoms. The predicted molar refractivity (Wildman–Crippen MR) is 277 cm³/mol. The Bertz CT molecular complexity index is 1820. The van der Waals surface area contributed by atoms with Crippen molar-refractivity contribution >= 4 is 54.7 Å². The molecular formula is C49H77Br2N5O16. The molecule has 3 rings (SSSR count). The lowest BCUT2D eigenvalue weighted by Gasteiger charge is -2.15. The molecule has 0 aliphatic carbocycles. The maximum Gasteiger partial charge on any atom is 0.222 e. The van der Waals surface area contributed by atoms with E-state index in [0.29, 0.717) is 226 Å². The summed E-state index contributed by atoms with van der Waals surface area (Å²) in [6, 6.07) is 5.61. The number of ether oxygens (including phenoxy) is 16. The monoisotopic (exact) mass is 1150 g/mol. The van der Waals surface area contributed by atoms with Gasteiger partial charge in [-0.25, -0.2) is 9.97 Å². The van der Waals surface area contributed by atoms with Crippen molar-refractivity contribution in [3.63, 3.8) is 0 Å². The highest BCUT2D eigenvalue weighted by Crippen LogP contribution is 2.43. The van der Waals surface area contributed by atoms with Crippen LogP contribution in [0, 0.1) is 12.3 Å². The van der Waals surface area contributed by atoms with Crippen LogP contribution in [-0.2, 0) is 71.1 Å². The van der Waals surface area contributed by atoms with Gasteiger partial charge in [0, 0.05) is 40.2 Å². The number of unbranched alkanes of at least 4 members (excludes halogenated alkanes) is 2. The zero-order valence-corrected chi connectivity index (χ0v) is 44.9. The Labute approximate surface area is 441 Å². The molecular weight excluding hydrogens is 1070 g/mol. The molecule has 0 radical (unpaired) electrons. The van der Waals surface area contributed by atoms with Crippen molar-refractivity contribution in [1.82, 2.24) is 15.0 Å². The van der Waals surface area contributed by atoms with Gasteiger partial charge in [0.2, 0.25) is 5.95 Å². The van der Waals surface area contributed by atoms with Crippen LogP contribution < -0.4 is 16.2 Å². The number of anilines is 2. The van der Waals surface area contributed by atoms with Gasteiger partial charge in [-0.2, -0.15) is 4.98 Å². The Kier molecular flexibility index (Phi) is 39.9. The summed E-state index contributed by atoms with van der Waals surface area (Å²) < 4.78 is 90.4. The molecule has 0 atom stereocenters. The highest BCUT2D eigenvalue weighted by Gasteiger charge is 2.18. The average Bonchev–Trinajstić information content (AvgIpc) is 3.37. The number of hydrogen-bond acceptors (Lipinski definition) is 21. The highest BCUT2D eigenvalue weighted by atomic mass is 79.9. The predicted octanol–water partition coefficient (Wildman–Crippen LogP) is 4.81. The van der Waals surface area contributed by atoms with E-state index in [2.05, 4.69) is 52.7 Å². The molecule has 1 aromatic carbocycles. The second kappa shape index (κ2) is 45.4. The molecule has 2 aromatic heterocycles. The lowest BCUT2D eigenvalue weighted by molar-refractivity contribution is -0.0301. The molecule has 0 unspecified atom stereocenters. The quantitative estimate of drug-likeness (QED) is 0.0570. The molecule has 0 amide bonds. The van der Waals surface area contributed by atoms with Crippen molar-refractivity contribution in [2.75, 3.05) is 216 Å². The fourth-order valence-corrected chi connectivity index (χ4v) is 7.39. The number of nitrogen functional groups attached to an aromatic ring is 2. The van der Waals surface area contributed by atoms with E-state index < -0.39 is 0 Å². The molecule has 2 heterocycles. The van der Waals surface area contributed by atoms with E-state index in [9.17, 15) is 0 Å². The summed E-state index contributed by atoms with van der Waals surface area (Å²) >= 11 is 7.28. The van der Waals surface area contributed by atoms with E-state index in [1.807, 2.05) is 18.2 Å². The van der Waals surface area contributed by atoms with Crippen molar-refractivity contribution in [1.29, 1.82) is 0 Å². The zero-order chi connectivity index (χ0) is 51.2. The van der Waals surface area contributed by atoms with Gasteiger partial charge in [0.05, 0.1) is 196 Å². The second-order valence-electron chi connectivity index (χ2n) is 15.0. The molecule has 0 fully saturated rings. The first-order valence-electron chi connectivity index (χ1n) is 24.4. The maximum atomic E-state index is 6.30. The van der Waals surface area contributed by atoms with Crippen molar-refractivity contribution in [2.45, 2.75) is 19.3 Å². The maximum absolute atomic E-state index is 6.30. The van der Waals surface area contributed by atoms with E-state index in [0.717, 1.165) is 40.4 Å². The third kappa shape index (κ3) is 32.4. The number of benzene rings is 1. The largest absolute Gasteiger partial charge is 0.490 e. The van der Waals surface area contributed by atoms with Gasteiger partial charge in [-0.05, 0) is 47.0 Å². The number of nitrogens with zero attached hydrogens (tertiary/aromatic N) is 3. The minimum Gasteiger partial charge on any atom is -0.490 e. The number of fused-ring (bicyclic) bond motifs is 1. The average molecular weight is 1150 g/mol. The molecule has 72 heavy (non-hydrogen) atoms. The van der Waals surface area contributed by atoms with Crippen LogP contribution in [0.4, 0.5) is 11.8 Å². The van der Waals surface area contributed by atoms with Crippen LogP contribution in [0.3, 0.4) is 0 Å². The molecule has 23 heteroatoms. The summed E-state index contributed by atoms with van der Waals surface area (Å²) in [5.74, 6) is 3.69. The Hall–Kier alpha value is -2.97. The summed E-state index contributed by atoms with van der Waals surface area (Å²) in [7, 11) is 0. The van der Waals surface area contributed by atoms with Gasteiger partial charge in [-0.15, -0.1) is 12.3 Å². The van der Waals surface area contributed by atoms with Gasteiger partial charge in [0.15, 0.2) is 5.65 Å². The van der Waals surface area contributed by atoms with Crippen molar-refractivity contribution in [3.8, 4) is 29.2 Å². The molecule has 0 aliphatic rings. The second-order valence-corrected chi connectivity index (χ2v) is 16.6. The molecule has 21 nitrogen and oxygen atoms in total. The van der Waals surface area contributed by atoms with Gasteiger partial charge in [0.1, 0.15) is 18.2 Å². The number of terminal acetylenes is 1. The van der Waals surface area contributed by atoms with Crippen molar-refractivity contribution < 1.29 is 75.8 Å². The lowest BCUT2D eigenvalue weighted by atomic mass is 10.1. The highest BCUT2D eigenvalue weighted by molar-refractivity contribution is 9.11. The molecule has 3 aromatic rings. The normalized spacial score (nSPS) is 11.5. The van der Waals surface area contributed by atoms with Gasteiger partial charge in [-0.1, -0.05) is 15.9 Å². The summed E-state index contributed by atoms with van der Waals surface area (Å²) in [4.78, 5) is 12.6. The van der Waals surface area contributed by atoms with Crippen LogP contribution in [-0.4, -0.2) is 220 Å². The Morgan fingerprint density at radius 1 is 0.444 bits per heavy atom. The van der Waals surface area contributed by atoms with Crippen molar-refractivity contribution in [2.24, 2.45) is 0 Å². The first-order chi connectivity index (χ1) is 35.5. The lowest BCUT2D eigenvalue weighted by Crippen LogP contribution is -2.16. The molecule has 0 spiro atoms. The minimum absolute atomic E-state index is 0.132. The number of pyridine rings is 1. The van der Waals surface area contributed by atoms with Gasteiger partial charge in [-0.3, -0.25) is 0 Å². The number of aromatic nitrogens is 3. The number of halogens is 2. The van der Waals surface area contributed by atoms with Crippen LogP contribution in [0.5, 0.6) is 5.75 Å². The molecule has 0 aliphatic heterocycles. The minimum atomic E-state index is 0.132.